The van der Waals surface area contributed by atoms with Crippen LogP contribution in [0.2, 0.25) is 0 Å². The third-order valence-corrected chi connectivity index (χ3v) is 4.16. The van der Waals surface area contributed by atoms with Crippen molar-refractivity contribution in [2.24, 2.45) is 0 Å². The van der Waals surface area contributed by atoms with E-state index in [4.69, 9.17) is 4.74 Å². The van der Waals surface area contributed by atoms with Crippen LogP contribution >= 0.6 is 11.8 Å². The summed E-state index contributed by atoms with van der Waals surface area (Å²) in [6.45, 7) is 2.68. The van der Waals surface area contributed by atoms with Crippen LogP contribution in [0.1, 0.15) is 11.1 Å². The largest absolute Gasteiger partial charge is 0.496 e. The van der Waals surface area contributed by atoms with Crippen molar-refractivity contribution in [3.63, 3.8) is 0 Å². The van der Waals surface area contributed by atoms with E-state index in [0.29, 0.717) is 6.54 Å². The van der Waals surface area contributed by atoms with Crippen LogP contribution in [-0.4, -0.2) is 37.2 Å². The van der Waals surface area contributed by atoms with Crippen LogP contribution in [0, 0.1) is 6.92 Å². The zero-order valence-electron chi connectivity index (χ0n) is 11.4. The van der Waals surface area contributed by atoms with E-state index in [9.17, 15) is 4.79 Å². The lowest BCUT2D eigenvalue weighted by Gasteiger charge is -2.11. The molecule has 2 rings (SSSR count). The lowest BCUT2D eigenvalue weighted by Crippen LogP contribution is -2.42. The highest BCUT2D eigenvalue weighted by atomic mass is 32.2. The molecule has 1 aliphatic heterocycles. The number of nitrogens with one attached hydrogen (secondary N) is 2. The molecule has 4 nitrogen and oxygen atoms in total. The first-order valence-corrected chi connectivity index (χ1v) is 7.58. The van der Waals surface area contributed by atoms with Crippen molar-refractivity contribution in [1.29, 1.82) is 0 Å². The number of aryl methyl sites for hydroxylation is 1. The molecular formula is C14H20N2O2S. The Balaban J connectivity index is 1.80. The predicted octanol–water partition coefficient (Wildman–Crippen LogP) is 1.32. The van der Waals surface area contributed by atoms with E-state index in [-0.39, 0.29) is 11.9 Å². The highest BCUT2D eigenvalue weighted by Gasteiger charge is 2.21. The Hall–Kier alpha value is -1.20. The summed E-state index contributed by atoms with van der Waals surface area (Å²) in [5.74, 6) is 2.74. The minimum absolute atomic E-state index is 0.0300. The third kappa shape index (κ3) is 3.88. The maximum Gasteiger partial charge on any atom is 0.238 e. The van der Waals surface area contributed by atoms with Gasteiger partial charge in [-0.25, -0.2) is 0 Å². The lowest BCUT2D eigenvalue weighted by molar-refractivity contribution is -0.122. The first kappa shape index (κ1) is 14.2. The van der Waals surface area contributed by atoms with Gasteiger partial charge in [0.1, 0.15) is 5.75 Å². The molecule has 0 radical (unpaired) electrons. The normalized spacial score (nSPS) is 18.3. The van der Waals surface area contributed by atoms with Crippen molar-refractivity contribution in [3.8, 4) is 5.75 Å². The number of carbonyl (C=O) groups excluding carboxylic acids is 1. The fourth-order valence-electron chi connectivity index (χ4n) is 2.04. The number of benzene rings is 1. The molecular weight excluding hydrogens is 260 g/mol. The number of thioether (sulfide) groups is 1. The van der Waals surface area contributed by atoms with Gasteiger partial charge in [0, 0.05) is 18.2 Å². The molecule has 0 saturated carbocycles. The zero-order valence-corrected chi connectivity index (χ0v) is 12.2. The Labute approximate surface area is 118 Å². The van der Waals surface area contributed by atoms with Gasteiger partial charge in [-0.15, -0.1) is 11.8 Å². The summed E-state index contributed by atoms with van der Waals surface area (Å²) < 4.78 is 5.29. The second kappa shape index (κ2) is 6.82. The van der Waals surface area contributed by atoms with Gasteiger partial charge < -0.3 is 10.1 Å². The monoisotopic (exact) mass is 280 g/mol. The summed E-state index contributed by atoms with van der Waals surface area (Å²) in [6, 6.07) is 6.13. The molecule has 1 heterocycles. The summed E-state index contributed by atoms with van der Waals surface area (Å²) in [7, 11) is 1.68. The van der Waals surface area contributed by atoms with Gasteiger partial charge in [-0.3, -0.25) is 10.1 Å². The molecule has 0 aliphatic carbocycles. The van der Waals surface area contributed by atoms with Crippen molar-refractivity contribution in [2.75, 3.05) is 25.3 Å². The van der Waals surface area contributed by atoms with E-state index < -0.39 is 0 Å². The molecule has 1 fully saturated rings. The molecule has 1 aliphatic rings. The van der Waals surface area contributed by atoms with Gasteiger partial charge in [-0.1, -0.05) is 12.1 Å². The van der Waals surface area contributed by atoms with Crippen LogP contribution in [0.5, 0.6) is 5.75 Å². The van der Waals surface area contributed by atoms with Crippen LogP contribution in [-0.2, 0) is 11.2 Å². The minimum Gasteiger partial charge on any atom is -0.496 e. The Morgan fingerprint density at radius 2 is 2.42 bits per heavy atom. The van der Waals surface area contributed by atoms with Gasteiger partial charge in [0.15, 0.2) is 0 Å². The minimum atomic E-state index is -0.0300. The Morgan fingerprint density at radius 1 is 1.58 bits per heavy atom. The second-order valence-corrected chi connectivity index (χ2v) is 5.65. The Bertz CT molecular complexity index is 445. The topological polar surface area (TPSA) is 50.4 Å². The van der Waals surface area contributed by atoms with Gasteiger partial charge in [-0.2, -0.15) is 0 Å². The van der Waals surface area contributed by atoms with Crippen molar-refractivity contribution < 1.29 is 9.53 Å². The second-order valence-electron chi connectivity index (χ2n) is 4.62. The van der Waals surface area contributed by atoms with Crippen LogP contribution in [0.4, 0.5) is 0 Å². The molecule has 5 heteroatoms. The summed E-state index contributed by atoms with van der Waals surface area (Å²) >= 11 is 1.76. The molecule has 1 amide bonds. The summed E-state index contributed by atoms with van der Waals surface area (Å²) in [4.78, 5) is 11.8. The smallest absolute Gasteiger partial charge is 0.238 e. The molecule has 1 unspecified atom stereocenters. The van der Waals surface area contributed by atoms with Gasteiger partial charge in [0.25, 0.3) is 0 Å². The number of hydrogen-bond acceptors (Lipinski definition) is 4. The van der Waals surface area contributed by atoms with Crippen LogP contribution < -0.4 is 15.4 Å². The third-order valence-electron chi connectivity index (χ3n) is 3.22. The van der Waals surface area contributed by atoms with Gasteiger partial charge in [0.2, 0.25) is 5.91 Å². The van der Waals surface area contributed by atoms with E-state index in [2.05, 4.69) is 16.7 Å². The maximum atomic E-state index is 11.8. The SMILES string of the molecule is COc1cc(CCNC(=O)C2CSCN2)ccc1C. The molecule has 0 bridgehead atoms. The highest BCUT2D eigenvalue weighted by Crippen LogP contribution is 2.19. The van der Waals surface area contributed by atoms with Gasteiger partial charge >= 0.3 is 0 Å². The number of carbonyl (C=O) groups is 1. The number of rotatable bonds is 5. The van der Waals surface area contributed by atoms with Crippen molar-refractivity contribution in [2.45, 2.75) is 19.4 Å². The van der Waals surface area contributed by atoms with Crippen molar-refractivity contribution in [1.82, 2.24) is 10.6 Å². The van der Waals surface area contributed by atoms with E-state index in [0.717, 1.165) is 29.4 Å². The first-order valence-electron chi connectivity index (χ1n) is 6.43. The molecule has 1 atom stereocenters. The van der Waals surface area contributed by atoms with Crippen LogP contribution in [0.25, 0.3) is 0 Å². The number of hydrogen-bond donors (Lipinski definition) is 2. The summed E-state index contributed by atoms with van der Waals surface area (Å²) in [5.41, 5.74) is 2.30. The van der Waals surface area contributed by atoms with E-state index in [1.165, 1.54) is 5.56 Å². The molecule has 104 valence electrons. The average molecular weight is 280 g/mol. The average Bonchev–Trinajstić information content (AvgIpc) is 2.94. The molecule has 0 spiro atoms. The molecule has 1 aromatic rings. The predicted molar refractivity (Wildman–Crippen MR) is 78.7 cm³/mol. The van der Waals surface area contributed by atoms with Crippen LogP contribution in [0.15, 0.2) is 18.2 Å². The fourth-order valence-corrected chi connectivity index (χ4v) is 2.98. The van der Waals surface area contributed by atoms with Gasteiger partial charge in [0.05, 0.1) is 13.2 Å². The van der Waals surface area contributed by atoms with Crippen molar-refractivity contribution in [3.05, 3.63) is 29.3 Å². The van der Waals surface area contributed by atoms with E-state index >= 15 is 0 Å². The number of ether oxygens (including phenoxy) is 1. The molecule has 0 aromatic heterocycles. The molecule has 1 aromatic carbocycles. The maximum absolute atomic E-state index is 11.8. The Kier molecular flexibility index (Phi) is 5.10. The fraction of sp³-hybridized carbons (Fsp3) is 0.500. The van der Waals surface area contributed by atoms with E-state index in [1.54, 1.807) is 18.9 Å². The standard InChI is InChI=1S/C14H20N2O2S/c1-10-3-4-11(7-13(10)18-2)5-6-15-14(17)12-8-19-9-16-12/h3-4,7,12,16H,5-6,8-9H2,1-2H3,(H,15,17). The Morgan fingerprint density at radius 3 is 3.11 bits per heavy atom. The lowest BCUT2D eigenvalue weighted by atomic mass is 10.1. The summed E-state index contributed by atoms with van der Waals surface area (Å²) in [5, 5.41) is 6.13. The van der Waals surface area contributed by atoms with Crippen molar-refractivity contribution >= 4 is 17.7 Å². The molecule has 2 N–H and O–H groups in total. The van der Waals surface area contributed by atoms with Gasteiger partial charge in [-0.05, 0) is 30.5 Å². The number of methoxy groups -OCH3 is 1. The molecule has 19 heavy (non-hydrogen) atoms. The molecule has 1 saturated heterocycles. The van der Waals surface area contributed by atoms with E-state index in [1.807, 2.05) is 19.1 Å². The first-order chi connectivity index (χ1) is 9.20. The quantitative estimate of drug-likeness (QED) is 0.854. The highest BCUT2D eigenvalue weighted by molar-refractivity contribution is 7.99. The summed E-state index contributed by atoms with van der Waals surface area (Å²) in [6.07, 6.45) is 0.822. The van der Waals surface area contributed by atoms with Crippen LogP contribution in [0.3, 0.4) is 0 Å². The number of amides is 1. The zero-order chi connectivity index (χ0) is 13.7.